The zero-order valence-corrected chi connectivity index (χ0v) is 46.3. The van der Waals surface area contributed by atoms with Crippen molar-refractivity contribution in [2.45, 2.75) is 335 Å². The molecule has 0 aromatic heterocycles. The lowest BCUT2D eigenvalue weighted by molar-refractivity contribution is -0.167. The van der Waals surface area contributed by atoms with Gasteiger partial charge in [0.1, 0.15) is 13.2 Å². The number of carbonyl (C=O) groups is 3. The molecule has 6 nitrogen and oxygen atoms in total. The van der Waals surface area contributed by atoms with Crippen molar-refractivity contribution in [3.63, 3.8) is 0 Å². The van der Waals surface area contributed by atoms with Gasteiger partial charge in [-0.05, 0) is 77.0 Å². The molecule has 0 aliphatic heterocycles. The van der Waals surface area contributed by atoms with Crippen LogP contribution in [0, 0.1) is 0 Å². The summed E-state index contributed by atoms with van der Waals surface area (Å²) in [5.74, 6) is -0.869. The van der Waals surface area contributed by atoms with Crippen LogP contribution in [0.25, 0.3) is 0 Å². The van der Waals surface area contributed by atoms with Gasteiger partial charge in [-0.15, -0.1) is 0 Å². The minimum Gasteiger partial charge on any atom is -0.462 e. The fourth-order valence-electron chi connectivity index (χ4n) is 9.00. The van der Waals surface area contributed by atoms with Crippen LogP contribution in [0.2, 0.25) is 0 Å². The first-order valence-corrected chi connectivity index (χ1v) is 30.5. The van der Waals surface area contributed by atoms with Gasteiger partial charge in [0.2, 0.25) is 0 Å². The van der Waals surface area contributed by atoms with Crippen molar-refractivity contribution < 1.29 is 28.6 Å². The van der Waals surface area contributed by atoms with E-state index in [1.165, 1.54) is 218 Å². The summed E-state index contributed by atoms with van der Waals surface area (Å²) in [5, 5.41) is 0. The smallest absolute Gasteiger partial charge is 0.306 e. The molecule has 0 saturated heterocycles. The molecule has 0 radical (unpaired) electrons. The second kappa shape index (κ2) is 58.2. The molecule has 0 heterocycles. The number of rotatable bonds is 56. The standard InChI is InChI=1S/C63H116O6/c1-4-7-10-13-16-19-21-23-24-25-26-27-28-29-30-31-32-33-34-35-36-37-38-39-40-41-43-44-47-50-53-56-62(65)68-59-60(58-67-61(64)55-52-49-46-18-15-12-9-6-3)69-63(66)57-54-51-48-45-42-22-20-17-14-11-8-5-2/h17,20-21,23,25-26,60H,4-16,18-19,22,24,27-59H2,1-3H3/b20-17-,23-21-,26-25-. The summed E-state index contributed by atoms with van der Waals surface area (Å²) in [6.45, 7) is 6.60. The second-order valence-electron chi connectivity index (χ2n) is 20.6. The highest BCUT2D eigenvalue weighted by atomic mass is 16.6. The van der Waals surface area contributed by atoms with E-state index in [-0.39, 0.29) is 31.1 Å². The number of carbonyl (C=O) groups excluding carboxylic acids is 3. The van der Waals surface area contributed by atoms with Crippen molar-refractivity contribution in [3.8, 4) is 0 Å². The maximum atomic E-state index is 12.8. The minimum absolute atomic E-state index is 0.0710. The van der Waals surface area contributed by atoms with Crippen LogP contribution in [0.1, 0.15) is 329 Å². The van der Waals surface area contributed by atoms with Crippen LogP contribution >= 0.6 is 0 Å². The Kier molecular flexibility index (Phi) is 56.2. The molecule has 1 atom stereocenters. The number of allylic oxidation sites excluding steroid dienone is 6. The Bertz CT molecular complexity index is 1160. The molecule has 69 heavy (non-hydrogen) atoms. The monoisotopic (exact) mass is 969 g/mol. The molecule has 0 aliphatic carbocycles. The summed E-state index contributed by atoms with van der Waals surface area (Å²) in [7, 11) is 0. The molecule has 0 aromatic rings. The van der Waals surface area contributed by atoms with Crippen molar-refractivity contribution in [3.05, 3.63) is 36.5 Å². The third kappa shape index (κ3) is 56.4. The maximum absolute atomic E-state index is 12.8. The average molecular weight is 970 g/mol. The highest BCUT2D eigenvalue weighted by Crippen LogP contribution is 2.17. The van der Waals surface area contributed by atoms with E-state index < -0.39 is 6.10 Å². The van der Waals surface area contributed by atoms with Crippen molar-refractivity contribution >= 4 is 17.9 Å². The lowest BCUT2D eigenvalue weighted by Gasteiger charge is -2.18. The summed E-state index contributed by atoms with van der Waals surface area (Å²) in [6, 6.07) is 0. The molecule has 0 aliphatic rings. The molecule has 0 fully saturated rings. The first-order chi connectivity index (χ1) is 34.0. The Labute approximate surface area is 429 Å². The van der Waals surface area contributed by atoms with Crippen LogP contribution in [0.4, 0.5) is 0 Å². The van der Waals surface area contributed by atoms with Gasteiger partial charge in [0.25, 0.3) is 0 Å². The highest BCUT2D eigenvalue weighted by Gasteiger charge is 2.19. The van der Waals surface area contributed by atoms with Crippen LogP contribution in [-0.4, -0.2) is 37.2 Å². The summed E-state index contributed by atoms with van der Waals surface area (Å²) < 4.78 is 16.8. The van der Waals surface area contributed by atoms with E-state index in [1.807, 2.05) is 0 Å². The Morgan fingerprint density at radius 2 is 0.522 bits per heavy atom. The fourth-order valence-corrected chi connectivity index (χ4v) is 9.00. The number of ether oxygens (including phenoxy) is 3. The van der Waals surface area contributed by atoms with E-state index in [0.717, 1.165) is 70.6 Å². The van der Waals surface area contributed by atoms with E-state index in [0.29, 0.717) is 19.3 Å². The van der Waals surface area contributed by atoms with E-state index in [4.69, 9.17) is 14.2 Å². The molecule has 6 heteroatoms. The van der Waals surface area contributed by atoms with Gasteiger partial charge in [-0.25, -0.2) is 0 Å². The van der Waals surface area contributed by atoms with Gasteiger partial charge in [-0.3, -0.25) is 14.4 Å². The highest BCUT2D eigenvalue weighted by molar-refractivity contribution is 5.71. The van der Waals surface area contributed by atoms with E-state index in [9.17, 15) is 14.4 Å². The molecule has 0 amide bonds. The molecular weight excluding hydrogens is 853 g/mol. The number of unbranched alkanes of at least 4 members (excludes halogenated alkanes) is 39. The van der Waals surface area contributed by atoms with Gasteiger partial charge >= 0.3 is 17.9 Å². The molecule has 0 rings (SSSR count). The minimum atomic E-state index is -0.770. The number of hydrogen-bond donors (Lipinski definition) is 0. The number of hydrogen-bond acceptors (Lipinski definition) is 6. The molecule has 0 N–H and O–H groups in total. The van der Waals surface area contributed by atoms with Gasteiger partial charge in [-0.2, -0.15) is 0 Å². The zero-order chi connectivity index (χ0) is 50.0. The predicted octanol–water partition coefficient (Wildman–Crippen LogP) is 20.4. The molecule has 0 spiro atoms. The van der Waals surface area contributed by atoms with E-state index in [2.05, 4.69) is 57.2 Å². The Hall–Kier alpha value is -2.37. The maximum Gasteiger partial charge on any atom is 0.306 e. The Morgan fingerprint density at radius 3 is 0.841 bits per heavy atom. The largest absolute Gasteiger partial charge is 0.462 e. The van der Waals surface area contributed by atoms with Gasteiger partial charge in [0.05, 0.1) is 0 Å². The second-order valence-corrected chi connectivity index (χ2v) is 20.6. The average Bonchev–Trinajstić information content (AvgIpc) is 3.35. The van der Waals surface area contributed by atoms with E-state index in [1.54, 1.807) is 0 Å². The summed E-state index contributed by atoms with van der Waals surface area (Å²) >= 11 is 0. The van der Waals surface area contributed by atoms with Crippen molar-refractivity contribution in [2.24, 2.45) is 0 Å². The number of esters is 3. The topological polar surface area (TPSA) is 78.9 Å². The normalized spacial score (nSPS) is 12.2. The molecule has 404 valence electrons. The summed E-state index contributed by atoms with van der Waals surface area (Å²) in [6.07, 6.45) is 70.4. The lowest BCUT2D eigenvalue weighted by atomic mass is 10.0. The van der Waals surface area contributed by atoms with Crippen molar-refractivity contribution in [1.82, 2.24) is 0 Å². The summed E-state index contributed by atoms with van der Waals surface area (Å²) in [4.78, 5) is 37.9. The summed E-state index contributed by atoms with van der Waals surface area (Å²) in [5.41, 5.74) is 0. The van der Waals surface area contributed by atoms with Gasteiger partial charge in [0.15, 0.2) is 6.10 Å². The third-order valence-electron chi connectivity index (χ3n) is 13.6. The molecule has 0 bridgehead atoms. The van der Waals surface area contributed by atoms with Crippen molar-refractivity contribution in [2.75, 3.05) is 13.2 Å². The Balaban J connectivity index is 3.98. The molecular formula is C63H116O6. The zero-order valence-electron chi connectivity index (χ0n) is 46.3. The third-order valence-corrected chi connectivity index (χ3v) is 13.6. The first-order valence-electron chi connectivity index (χ1n) is 30.5. The van der Waals surface area contributed by atoms with Gasteiger partial charge in [-0.1, -0.05) is 269 Å². The van der Waals surface area contributed by atoms with E-state index >= 15 is 0 Å². The van der Waals surface area contributed by atoms with Gasteiger partial charge in [0, 0.05) is 19.3 Å². The Morgan fingerprint density at radius 1 is 0.290 bits per heavy atom. The quantitative estimate of drug-likeness (QED) is 0.0261. The van der Waals surface area contributed by atoms with Crippen LogP contribution in [0.3, 0.4) is 0 Å². The lowest BCUT2D eigenvalue weighted by Crippen LogP contribution is -2.30. The first kappa shape index (κ1) is 66.6. The SMILES string of the molecule is CCCCC/C=C\CCCCCCCC(=O)OC(COC(=O)CCCCCCCCCC)COC(=O)CCCCCCCCCCCCCCCCCCCCC/C=C\C/C=C\CCCCCCC. The van der Waals surface area contributed by atoms with Crippen molar-refractivity contribution in [1.29, 1.82) is 0 Å². The van der Waals surface area contributed by atoms with Crippen LogP contribution in [-0.2, 0) is 28.6 Å². The predicted molar refractivity (Wildman–Crippen MR) is 298 cm³/mol. The van der Waals surface area contributed by atoms with Crippen LogP contribution < -0.4 is 0 Å². The molecule has 0 saturated carbocycles. The van der Waals surface area contributed by atoms with Crippen LogP contribution in [0.15, 0.2) is 36.5 Å². The molecule has 0 aromatic carbocycles. The van der Waals surface area contributed by atoms with Crippen LogP contribution in [0.5, 0.6) is 0 Å². The van der Waals surface area contributed by atoms with Gasteiger partial charge < -0.3 is 14.2 Å². The molecule has 1 unspecified atom stereocenters. The fraction of sp³-hybridized carbons (Fsp3) is 0.857.